The van der Waals surface area contributed by atoms with Gasteiger partial charge in [-0.25, -0.2) is 4.39 Å². The molecule has 0 unspecified atom stereocenters. The van der Waals surface area contributed by atoms with E-state index >= 15 is 4.39 Å². The Kier molecular flexibility index (Phi) is 4.59. The predicted molar refractivity (Wildman–Crippen MR) is 117 cm³/mol. The van der Waals surface area contributed by atoms with E-state index in [0.717, 1.165) is 23.1 Å². The lowest BCUT2D eigenvalue weighted by Crippen LogP contribution is -2.50. The molecule has 8 atom stereocenters. The third-order valence-corrected chi connectivity index (χ3v) is 8.35. The topological polar surface area (TPSA) is 40.5 Å². The zero-order valence-electron chi connectivity index (χ0n) is 17.8. The Morgan fingerprint density at radius 3 is 2.57 bits per heavy atom. The number of aliphatic hydroxyl groups excluding tert-OH is 1. The van der Waals surface area contributed by atoms with E-state index in [0.29, 0.717) is 12.8 Å². The molecule has 2 N–H and O–H groups in total. The average Bonchev–Trinajstić information content (AvgIpc) is 2.97. The Morgan fingerprint density at radius 2 is 1.87 bits per heavy atom. The van der Waals surface area contributed by atoms with E-state index in [1.807, 2.05) is 25.1 Å². The van der Waals surface area contributed by atoms with Crippen molar-refractivity contribution in [3.8, 4) is 5.75 Å². The molecule has 0 heterocycles. The number of phenolic OH excluding ortho intramolecular Hbond substituents is 1. The van der Waals surface area contributed by atoms with Gasteiger partial charge in [-0.1, -0.05) is 55.5 Å². The first-order valence-corrected chi connectivity index (χ1v) is 11.1. The zero-order valence-corrected chi connectivity index (χ0v) is 17.8. The molecule has 0 aromatic heterocycles. The summed E-state index contributed by atoms with van der Waals surface area (Å²) in [7, 11) is 0. The molecule has 0 bridgehead atoms. The van der Waals surface area contributed by atoms with Crippen LogP contribution in [-0.4, -0.2) is 22.5 Å². The van der Waals surface area contributed by atoms with Crippen molar-refractivity contribution in [1.29, 1.82) is 0 Å². The number of fused-ring (bicyclic) bond motifs is 5. The SMILES string of the molecule is C=C(C)[C@@H]1[C@H]2[C@H]3[C@@H](c4ccc(O)cc4C[C@H]3c3ccccc3)[C@@H](F)C[C@]2(C)C[C@@H]1O. The molecule has 0 spiro atoms. The van der Waals surface area contributed by atoms with Crippen molar-refractivity contribution in [1.82, 2.24) is 0 Å². The monoisotopic (exact) mass is 406 g/mol. The zero-order chi connectivity index (χ0) is 21.2. The van der Waals surface area contributed by atoms with Crippen LogP contribution in [-0.2, 0) is 6.42 Å². The third-order valence-electron chi connectivity index (χ3n) is 8.35. The summed E-state index contributed by atoms with van der Waals surface area (Å²) < 4.78 is 16.0. The summed E-state index contributed by atoms with van der Waals surface area (Å²) in [5.41, 5.74) is 4.10. The second-order valence-electron chi connectivity index (χ2n) is 10.3. The fourth-order valence-corrected chi connectivity index (χ4v) is 7.42. The van der Waals surface area contributed by atoms with Gasteiger partial charge in [0.25, 0.3) is 0 Å². The standard InChI is InChI=1S/C27H31FO2/c1-15(2)23-22(30)14-27(3)13-21(28)24-19-10-9-18(29)11-17(19)12-20(25(24)26(23)27)16-7-5-4-6-8-16/h4-11,20-26,29-30H,1,12-14H2,2-3H3/t20-,21-,22-,23-,24-,25+,26-,27+/m0/s1. The van der Waals surface area contributed by atoms with Crippen LogP contribution in [0.25, 0.3) is 0 Å². The largest absolute Gasteiger partial charge is 0.508 e. The molecule has 0 aliphatic heterocycles. The number of alkyl halides is 1. The molecule has 0 saturated heterocycles. The molecule has 158 valence electrons. The van der Waals surface area contributed by atoms with Crippen molar-refractivity contribution in [2.24, 2.45) is 23.2 Å². The van der Waals surface area contributed by atoms with Gasteiger partial charge in [-0.3, -0.25) is 0 Å². The number of phenols is 1. The highest BCUT2D eigenvalue weighted by Gasteiger charge is 2.62. The minimum absolute atomic E-state index is 0.000114. The number of rotatable bonds is 2. The van der Waals surface area contributed by atoms with Gasteiger partial charge in [0.05, 0.1) is 6.10 Å². The summed E-state index contributed by atoms with van der Waals surface area (Å²) in [5.74, 6) is 0.461. The summed E-state index contributed by atoms with van der Waals surface area (Å²) in [6, 6.07) is 15.9. The Bertz CT molecular complexity index is 970. The highest BCUT2D eigenvalue weighted by atomic mass is 19.1. The van der Waals surface area contributed by atoms with Gasteiger partial charge < -0.3 is 10.2 Å². The van der Waals surface area contributed by atoms with Crippen molar-refractivity contribution >= 4 is 0 Å². The highest BCUT2D eigenvalue weighted by Crippen LogP contribution is 2.66. The fraction of sp³-hybridized carbons (Fsp3) is 0.481. The number of halogens is 1. The van der Waals surface area contributed by atoms with E-state index in [-0.39, 0.29) is 40.8 Å². The number of hydrogen-bond donors (Lipinski definition) is 2. The van der Waals surface area contributed by atoms with E-state index in [1.165, 1.54) is 5.56 Å². The quantitative estimate of drug-likeness (QED) is 0.623. The summed E-state index contributed by atoms with van der Waals surface area (Å²) >= 11 is 0. The van der Waals surface area contributed by atoms with E-state index in [2.05, 4.69) is 37.8 Å². The van der Waals surface area contributed by atoms with Crippen LogP contribution in [0.4, 0.5) is 4.39 Å². The molecule has 5 rings (SSSR count). The van der Waals surface area contributed by atoms with Crippen molar-refractivity contribution < 1.29 is 14.6 Å². The molecule has 2 aromatic rings. The third kappa shape index (κ3) is 2.85. The predicted octanol–water partition coefficient (Wildman–Crippen LogP) is 5.75. The lowest BCUT2D eigenvalue weighted by molar-refractivity contribution is -0.0206. The van der Waals surface area contributed by atoms with Gasteiger partial charge in [0, 0.05) is 11.8 Å². The molecule has 2 aromatic carbocycles. The maximum absolute atomic E-state index is 16.0. The van der Waals surface area contributed by atoms with E-state index in [4.69, 9.17) is 0 Å². The maximum atomic E-state index is 16.0. The number of benzene rings is 2. The number of hydrogen-bond acceptors (Lipinski definition) is 2. The van der Waals surface area contributed by atoms with E-state index in [9.17, 15) is 10.2 Å². The molecule has 2 nitrogen and oxygen atoms in total. The maximum Gasteiger partial charge on any atom is 0.115 e. The van der Waals surface area contributed by atoms with Crippen molar-refractivity contribution in [2.45, 2.75) is 57.2 Å². The summed E-state index contributed by atoms with van der Waals surface area (Å²) in [6.45, 7) is 8.43. The van der Waals surface area contributed by atoms with Gasteiger partial charge in [-0.2, -0.15) is 0 Å². The van der Waals surface area contributed by atoms with Crippen LogP contribution < -0.4 is 0 Å². The first-order chi connectivity index (χ1) is 14.3. The van der Waals surface area contributed by atoms with Crippen molar-refractivity contribution in [3.63, 3.8) is 0 Å². The van der Waals surface area contributed by atoms with E-state index in [1.54, 1.807) is 6.07 Å². The molecular weight excluding hydrogens is 375 g/mol. The minimum Gasteiger partial charge on any atom is -0.508 e. The summed E-state index contributed by atoms with van der Waals surface area (Å²) in [5, 5.41) is 21.1. The Morgan fingerprint density at radius 1 is 1.13 bits per heavy atom. The van der Waals surface area contributed by atoms with Crippen LogP contribution in [0.15, 0.2) is 60.7 Å². The van der Waals surface area contributed by atoms with Gasteiger partial charge in [0.1, 0.15) is 11.9 Å². The molecule has 2 fully saturated rings. The second-order valence-corrected chi connectivity index (χ2v) is 10.3. The average molecular weight is 407 g/mol. The van der Waals surface area contributed by atoms with Crippen molar-refractivity contribution in [3.05, 3.63) is 77.4 Å². The number of aromatic hydroxyl groups is 1. The summed E-state index contributed by atoms with van der Waals surface area (Å²) in [6.07, 6.45) is 0.487. The second kappa shape index (κ2) is 6.95. The lowest BCUT2D eigenvalue weighted by Gasteiger charge is -2.55. The molecular formula is C27H31FO2. The molecule has 3 aliphatic rings. The van der Waals surface area contributed by atoms with Gasteiger partial charge in [-0.15, -0.1) is 0 Å². The summed E-state index contributed by atoms with van der Waals surface area (Å²) in [4.78, 5) is 0. The van der Waals surface area contributed by atoms with Crippen LogP contribution in [0.1, 0.15) is 55.2 Å². The molecule has 30 heavy (non-hydrogen) atoms. The Balaban J connectivity index is 1.72. The lowest BCUT2D eigenvalue weighted by atomic mass is 9.50. The Hall–Kier alpha value is -2.13. The van der Waals surface area contributed by atoms with Crippen LogP contribution in [0.3, 0.4) is 0 Å². The smallest absolute Gasteiger partial charge is 0.115 e. The highest BCUT2D eigenvalue weighted by molar-refractivity contribution is 5.44. The Labute approximate surface area is 178 Å². The fourth-order valence-electron chi connectivity index (χ4n) is 7.42. The van der Waals surface area contributed by atoms with Gasteiger partial charge in [-0.05, 0) is 78.2 Å². The first-order valence-electron chi connectivity index (χ1n) is 11.1. The van der Waals surface area contributed by atoms with Crippen molar-refractivity contribution in [2.75, 3.05) is 0 Å². The molecule has 2 saturated carbocycles. The number of aliphatic hydroxyl groups is 1. The van der Waals surface area contributed by atoms with Crippen LogP contribution in [0.2, 0.25) is 0 Å². The van der Waals surface area contributed by atoms with Crippen LogP contribution in [0.5, 0.6) is 5.75 Å². The molecule has 3 aliphatic carbocycles. The minimum atomic E-state index is -0.956. The van der Waals surface area contributed by atoms with E-state index < -0.39 is 12.3 Å². The normalized spacial score (nSPS) is 39.7. The first kappa shape index (κ1) is 19.8. The van der Waals surface area contributed by atoms with Crippen LogP contribution in [0, 0.1) is 23.2 Å². The molecule has 3 heteroatoms. The molecule has 0 amide bonds. The molecule has 0 radical (unpaired) electrons. The van der Waals surface area contributed by atoms with Gasteiger partial charge >= 0.3 is 0 Å². The van der Waals surface area contributed by atoms with Crippen LogP contribution >= 0.6 is 0 Å². The van der Waals surface area contributed by atoms with Gasteiger partial charge in [0.15, 0.2) is 0 Å². The van der Waals surface area contributed by atoms with Gasteiger partial charge in [0.2, 0.25) is 0 Å².